The summed E-state index contributed by atoms with van der Waals surface area (Å²) >= 11 is 0. The van der Waals surface area contributed by atoms with Gasteiger partial charge in [0, 0.05) is 32.4 Å². The van der Waals surface area contributed by atoms with Gasteiger partial charge in [0.15, 0.2) is 0 Å². The van der Waals surface area contributed by atoms with E-state index in [-0.39, 0.29) is 17.9 Å². The number of anilines is 1. The number of likely N-dealkylation sites (tertiary alicyclic amines) is 1. The molecule has 3 heterocycles. The van der Waals surface area contributed by atoms with Gasteiger partial charge in [0.05, 0.1) is 6.42 Å². The van der Waals surface area contributed by atoms with Gasteiger partial charge in [-0.1, -0.05) is 36.4 Å². The smallest absolute Gasteiger partial charge is 0.243 e. The van der Waals surface area contributed by atoms with Crippen LogP contribution in [-0.2, 0) is 22.6 Å². The molecule has 1 atom stereocenters. The summed E-state index contributed by atoms with van der Waals surface area (Å²) in [5, 5.41) is 3.00. The fourth-order valence-corrected chi connectivity index (χ4v) is 4.35. The highest BCUT2D eigenvalue weighted by Crippen LogP contribution is 2.20. The molecule has 2 amide bonds. The molecule has 2 aliphatic rings. The average molecular weight is 407 g/mol. The molecule has 4 rings (SSSR count). The minimum atomic E-state index is -0.373. The third kappa shape index (κ3) is 4.99. The fourth-order valence-electron chi connectivity index (χ4n) is 4.35. The molecule has 1 aromatic heterocycles. The molecule has 0 bridgehead atoms. The van der Waals surface area contributed by atoms with E-state index in [9.17, 15) is 9.59 Å². The Bertz CT molecular complexity index is 847. The molecular formula is C24H30N4O2. The van der Waals surface area contributed by atoms with Crippen LogP contribution in [0.1, 0.15) is 43.2 Å². The van der Waals surface area contributed by atoms with Crippen LogP contribution in [0.4, 0.5) is 5.82 Å². The molecule has 1 unspecified atom stereocenters. The molecule has 158 valence electrons. The van der Waals surface area contributed by atoms with Gasteiger partial charge in [0.1, 0.15) is 11.9 Å². The molecule has 1 N–H and O–H groups in total. The molecule has 1 aromatic carbocycles. The second-order valence-electron chi connectivity index (χ2n) is 8.20. The van der Waals surface area contributed by atoms with E-state index < -0.39 is 0 Å². The first-order valence-electron chi connectivity index (χ1n) is 11.0. The van der Waals surface area contributed by atoms with Crippen molar-refractivity contribution < 1.29 is 9.59 Å². The van der Waals surface area contributed by atoms with Crippen LogP contribution in [0.15, 0.2) is 48.7 Å². The van der Waals surface area contributed by atoms with Crippen LogP contribution in [0, 0.1) is 0 Å². The zero-order valence-corrected chi connectivity index (χ0v) is 17.4. The lowest BCUT2D eigenvalue weighted by molar-refractivity contribution is -0.138. The maximum atomic E-state index is 12.8. The van der Waals surface area contributed by atoms with Gasteiger partial charge in [0.2, 0.25) is 11.8 Å². The number of piperidine rings is 1. The van der Waals surface area contributed by atoms with Gasteiger partial charge in [0.25, 0.3) is 0 Å². The normalized spacial score (nSPS) is 19.0. The zero-order chi connectivity index (χ0) is 20.8. The predicted octanol–water partition coefficient (Wildman–Crippen LogP) is 2.92. The number of nitrogens with zero attached hydrogens (tertiary/aromatic N) is 3. The topological polar surface area (TPSA) is 65.5 Å². The first kappa shape index (κ1) is 20.4. The van der Waals surface area contributed by atoms with E-state index in [1.54, 1.807) is 4.90 Å². The largest absolute Gasteiger partial charge is 0.357 e. The second kappa shape index (κ2) is 9.74. The van der Waals surface area contributed by atoms with E-state index in [0.29, 0.717) is 19.5 Å². The zero-order valence-electron chi connectivity index (χ0n) is 17.4. The van der Waals surface area contributed by atoms with E-state index >= 15 is 0 Å². The maximum absolute atomic E-state index is 12.8. The lowest BCUT2D eigenvalue weighted by Crippen LogP contribution is -2.46. The van der Waals surface area contributed by atoms with E-state index in [1.807, 2.05) is 48.7 Å². The van der Waals surface area contributed by atoms with Crippen LogP contribution < -0.4 is 10.2 Å². The minimum Gasteiger partial charge on any atom is -0.357 e. The third-order valence-electron chi connectivity index (χ3n) is 6.03. The highest BCUT2D eigenvalue weighted by atomic mass is 16.2. The molecule has 0 spiro atoms. The lowest BCUT2D eigenvalue weighted by Gasteiger charge is -2.27. The van der Waals surface area contributed by atoms with E-state index in [4.69, 9.17) is 0 Å². The van der Waals surface area contributed by atoms with Crippen molar-refractivity contribution in [2.45, 2.75) is 51.1 Å². The molecule has 0 saturated carbocycles. The number of amides is 2. The molecule has 2 aliphatic heterocycles. The van der Waals surface area contributed by atoms with Crippen LogP contribution in [0.5, 0.6) is 0 Å². The fraction of sp³-hybridized carbons (Fsp3) is 0.458. The molecule has 6 nitrogen and oxygen atoms in total. The van der Waals surface area contributed by atoms with Gasteiger partial charge >= 0.3 is 0 Å². The van der Waals surface area contributed by atoms with E-state index in [0.717, 1.165) is 42.9 Å². The number of rotatable bonds is 6. The van der Waals surface area contributed by atoms with Crippen molar-refractivity contribution >= 4 is 17.6 Å². The van der Waals surface area contributed by atoms with Gasteiger partial charge < -0.3 is 15.1 Å². The van der Waals surface area contributed by atoms with Crippen LogP contribution in [0.2, 0.25) is 0 Å². The summed E-state index contributed by atoms with van der Waals surface area (Å²) in [5.74, 6) is 0.957. The number of pyridine rings is 1. The van der Waals surface area contributed by atoms with Crippen molar-refractivity contribution in [2.24, 2.45) is 0 Å². The Balaban J connectivity index is 1.30. The number of hydrogen-bond acceptors (Lipinski definition) is 4. The molecular weight excluding hydrogens is 376 g/mol. The summed E-state index contributed by atoms with van der Waals surface area (Å²) in [6.45, 7) is 3.22. The Hall–Kier alpha value is -2.89. The summed E-state index contributed by atoms with van der Waals surface area (Å²) in [4.78, 5) is 34.1. The Labute approximate surface area is 178 Å². The molecule has 2 saturated heterocycles. The molecule has 2 aromatic rings. The maximum Gasteiger partial charge on any atom is 0.243 e. The number of aromatic nitrogens is 1. The number of hydrogen-bond donors (Lipinski definition) is 1. The van der Waals surface area contributed by atoms with Gasteiger partial charge in [-0.2, -0.15) is 0 Å². The van der Waals surface area contributed by atoms with Crippen molar-refractivity contribution in [1.82, 2.24) is 15.2 Å². The van der Waals surface area contributed by atoms with Gasteiger partial charge in [-0.15, -0.1) is 0 Å². The van der Waals surface area contributed by atoms with Crippen molar-refractivity contribution in [3.63, 3.8) is 0 Å². The quantitative estimate of drug-likeness (QED) is 0.801. The summed E-state index contributed by atoms with van der Waals surface area (Å²) in [6.07, 6.45) is 7.51. The van der Waals surface area contributed by atoms with Crippen molar-refractivity contribution in [3.05, 3.63) is 59.8 Å². The molecule has 0 radical (unpaired) electrons. The standard InChI is InChI=1S/C24H30N4O2/c29-23(16-19-8-3-1-4-9-19)28-15-7-10-21(28)24(30)26-18-20-11-12-22(25-17-20)27-13-5-2-6-14-27/h1,3-4,8-9,11-12,17,21H,2,5-7,10,13-16,18H2,(H,26,30). The third-order valence-corrected chi connectivity index (χ3v) is 6.03. The Morgan fingerprint density at radius 2 is 1.73 bits per heavy atom. The highest BCUT2D eigenvalue weighted by Gasteiger charge is 2.33. The van der Waals surface area contributed by atoms with Crippen molar-refractivity contribution in [1.29, 1.82) is 0 Å². The van der Waals surface area contributed by atoms with Gasteiger partial charge in [-0.05, 0) is 49.3 Å². The van der Waals surface area contributed by atoms with Crippen LogP contribution >= 0.6 is 0 Å². The number of carbonyl (C=O) groups excluding carboxylic acids is 2. The second-order valence-corrected chi connectivity index (χ2v) is 8.20. The van der Waals surface area contributed by atoms with Crippen molar-refractivity contribution in [3.8, 4) is 0 Å². The highest BCUT2D eigenvalue weighted by molar-refractivity contribution is 5.89. The van der Waals surface area contributed by atoms with Gasteiger partial charge in [-0.3, -0.25) is 9.59 Å². The predicted molar refractivity (Wildman–Crippen MR) is 117 cm³/mol. The lowest BCUT2D eigenvalue weighted by atomic mass is 10.1. The first-order valence-corrected chi connectivity index (χ1v) is 11.0. The number of nitrogens with one attached hydrogen (secondary N) is 1. The Morgan fingerprint density at radius 3 is 2.47 bits per heavy atom. The SMILES string of the molecule is O=C(NCc1ccc(N2CCCCC2)nc1)C1CCCN1C(=O)Cc1ccccc1. The molecule has 6 heteroatoms. The first-order chi connectivity index (χ1) is 14.7. The number of benzene rings is 1. The summed E-state index contributed by atoms with van der Waals surface area (Å²) in [7, 11) is 0. The monoisotopic (exact) mass is 406 g/mol. The average Bonchev–Trinajstić information content (AvgIpc) is 3.29. The number of carbonyl (C=O) groups is 2. The molecule has 30 heavy (non-hydrogen) atoms. The minimum absolute atomic E-state index is 0.0198. The van der Waals surface area contributed by atoms with Crippen molar-refractivity contribution in [2.75, 3.05) is 24.5 Å². The Morgan fingerprint density at radius 1 is 0.933 bits per heavy atom. The van der Waals surface area contributed by atoms with E-state index in [2.05, 4.69) is 15.2 Å². The Kier molecular flexibility index (Phi) is 6.62. The summed E-state index contributed by atoms with van der Waals surface area (Å²) in [5.41, 5.74) is 1.96. The molecule has 2 fully saturated rings. The van der Waals surface area contributed by atoms with E-state index in [1.165, 1.54) is 19.3 Å². The summed E-state index contributed by atoms with van der Waals surface area (Å²) < 4.78 is 0. The molecule has 0 aliphatic carbocycles. The van der Waals surface area contributed by atoms with Crippen LogP contribution in [-0.4, -0.2) is 47.4 Å². The van der Waals surface area contributed by atoms with Gasteiger partial charge in [-0.25, -0.2) is 4.98 Å². The van der Waals surface area contributed by atoms with Crippen LogP contribution in [0.25, 0.3) is 0 Å². The van der Waals surface area contributed by atoms with Crippen LogP contribution in [0.3, 0.4) is 0 Å². The summed E-state index contributed by atoms with van der Waals surface area (Å²) in [6, 6.07) is 13.4.